The van der Waals surface area contributed by atoms with Crippen LogP contribution in [0.5, 0.6) is 5.75 Å². The van der Waals surface area contributed by atoms with Crippen LogP contribution in [0.15, 0.2) is 65.8 Å². The Morgan fingerprint density at radius 1 is 0.960 bits per heavy atom. The van der Waals surface area contributed by atoms with Gasteiger partial charge in [0.25, 0.3) is 0 Å². The van der Waals surface area contributed by atoms with E-state index in [1.54, 1.807) is 0 Å². The van der Waals surface area contributed by atoms with Crippen LogP contribution >= 0.6 is 0 Å². The van der Waals surface area contributed by atoms with Gasteiger partial charge >= 0.3 is 5.97 Å². The Kier molecular flexibility index (Phi) is 8.05. The second-order valence-corrected chi connectivity index (χ2v) is 5.41. The molecule has 2 aromatic carbocycles. The van der Waals surface area contributed by atoms with E-state index in [0.29, 0.717) is 19.6 Å². The van der Waals surface area contributed by atoms with E-state index in [0.717, 1.165) is 24.2 Å². The van der Waals surface area contributed by atoms with Gasteiger partial charge in [-0.1, -0.05) is 53.7 Å². The standard InChI is InChI=1S/C20H23NO4/c1-23-20(22)19(21-25-16-17-10-4-2-5-11-17)14-8-9-15-24-18-12-6-3-7-13-18/h2-7,10-13H,8-9,14-16H2,1H3. The van der Waals surface area contributed by atoms with Gasteiger partial charge in [-0.2, -0.15) is 0 Å². The number of hydrogen-bond acceptors (Lipinski definition) is 5. The average Bonchev–Trinajstić information content (AvgIpc) is 2.67. The molecule has 0 amide bonds. The van der Waals surface area contributed by atoms with E-state index in [9.17, 15) is 4.79 Å². The highest BCUT2D eigenvalue weighted by Crippen LogP contribution is 2.10. The van der Waals surface area contributed by atoms with Gasteiger partial charge in [0.05, 0.1) is 13.7 Å². The van der Waals surface area contributed by atoms with Crippen LogP contribution in [0.4, 0.5) is 0 Å². The van der Waals surface area contributed by atoms with Crippen molar-refractivity contribution in [3.05, 3.63) is 66.2 Å². The van der Waals surface area contributed by atoms with Crippen LogP contribution in [0.1, 0.15) is 24.8 Å². The van der Waals surface area contributed by atoms with Gasteiger partial charge in [0.2, 0.25) is 0 Å². The summed E-state index contributed by atoms with van der Waals surface area (Å²) in [5.74, 6) is 0.382. The van der Waals surface area contributed by atoms with Gasteiger partial charge in [0, 0.05) is 6.42 Å². The molecule has 2 rings (SSSR count). The summed E-state index contributed by atoms with van der Waals surface area (Å²) in [6.45, 7) is 0.905. The van der Waals surface area contributed by atoms with Crippen LogP contribution in [-0.2, 0) is 21.0 Å². The smallest absolute Gasteiger partial charge is 0.355 e. The van der Waals surface area contributed by atoms with Crippen LogP contribution < -0.4 is 4.74 Å². The number of para-hydroxylation sites is 1. The number of esters is 1. The molecule has 0 radical (unpaired) electrons. The quantitative estimate of drug-likeness (QED) is 0.284. The molecule has 0 saturated carbocycles. The first-order chi connectivity index (χ1) is 12.3. The Labute approximate surface area is 148 Å². The molecule has 0 fully saturated rings. The van der Waals surface area contributed by atoms with E-state index < -0.39 is 5.97 Å². The zero-order valence-electron chi connectivity index (χ0n) is 14.4. The summed E-state index contributed by atoms with van der Waals surface area (Å²) in [5, 5.41) is 3.95. The maximum atomic E-state index is 11.8. The molecule has 25 heavy (non-hydrogen) atoms. The molecule has 0 aliphatic heterocycles. The first kappa shape index (κ1) is 18.5. The molecule has 0 aliphatic carbocycles. The predicted octanol–water partition coefficient (Wildman–Crippen LogP) is 3.98. The minimum absolute atomic E-state index is 0.290. The Morgan fingerprint density at radius 2 is 1.64 bits per heavy atom. The van der Waals surface area contributed by atoms with Crippen molar-refractivity contribution in [2.75, 3.05) is 13.7 Å². The van der Waals surface area contributed by atoms with E-state index in [1.165, 1.54) is 7.11 Å². The largest absolute Gasteiger partial charge is 0.494 e. The third kappa shape index (κ3) is 7.08. The van der Waals surface area contributed by atoms with Crippen molar-refractivity contribution < 1.29 is 19.1 Å². The molecule has 0 spiro atoms. The number of hydrogen-bond donors (Lipinski definition) is 0. The van der Waals surface area contributed by atoms with Gasteiger partial charge in [0.15, 0.2) is 5.71 Å². The normalized spacial score (nSPS) is 11.0. The second-order valence-electron chi connectivity index (χ2n) is 5.41. The van der Waals surface area contributed by atoms with Crippen molar-refractivity contribution in [2.45, 2.75) is 25.9 Å². The highest BCUT2D eigenvalue weighted by Gasteiger charge is 2.12. The second kappa shape index (κ2) is 10.9. The summed E-state index contributed by atoms with van der Waals surface area (Å²) in [7, 11) is 1.34. The van der Waals surface area contributed by atoms with Crippen molar-refractivity contribution in [1.82, 2.24) is 0 Å². The van der Waals surface area contributed by atoms with Crippen molar-refractivity contribution >= 4 is 11.7 Å². The predicted molar refractivity (Wildman–Crippen MR) is 96.5 cm³/mol. The van der Waals surface area contributed by atoms with Crippen LogP contribution in [-0.4, -0.2) is 25.4 Å². The summed E-state index contributed by atoms with van der Waals surface area (Å²) in [6.07, 6.45) is 2.05. The monoisotopic (exact) mass is 341 g/mol. The lowest BCUT2D eigenvalue weighted by Crippen LogP contribution is -2.16. The van der Waals surface area contributed by atoms with Gasteiger partial charge in [-0.25, -0.2) is 4.79 Å². The number of oxime groups is 1. The maximum Gasteiger partial charge on any atom is 0.355 e. The molecule has 0 saturated heterocycles. The molecule has 5 nitrogen and oxygen atoms in total. The van der Waals surface area contributed by atoms with Crippen LogP contribution in [0.2, 0.25) is 0 Å². The zero-order chi connectivity index (χ0) is 17.7. The molecule has 2 aromatic rings. The van der Waals surface area contributed by atoms with E-state index >= 15 is 0 Å². The molecule has 132 valence electrons. The molecule has 0 aliphatic rings. The molecular formula is C20H23NO4. The Hall–Kier alpha value is -2.82. The number of carbonyl (C=O) groups is 1. The topological polar surface area (TPSA) is 57.1 Å². The van der Waals surface area contributed by atoms with Gasteiger partial charge < -0.3 is 14.3 Å². The van der Waals surface area contributed by atoms with Gasteiger partial charge in [-0.05, 0) is 30.5 Å². The highest BCUT2D eigenvalue weighted by atomic mass is 16.6. The number of carbonyl (C=O) groups excluding carboxylic acids is 1. The van der Waals surface area contributed by atoms with Gasteiger partial charge in [-0.3, -0.25) is 0 Å². The third-order valence-corrected chi connectivity index (χ3v) is 3.49. The molecule has 0 N–H and O–H groups in total. The first-order valence-electron chi connectivity index (χ1n) is 8.28. The van der Waals surface area contributed by atoms with Crippen molar-refractivity contribution in [2.24, 2.45) is 5.16 Å². The van der Waals surface area contributed by atoms with E-state index in [4.69, 9.17) is 14.3 Å². The number of methoxy groups -OCH3 is 1. The first-order valence-corrected chi connectivity index (χ1v) is 8.28. The average molecular weight is 341 g/mol. The molecule has 0 heterocycles. The Bertz CT molecular complexity index is 656. The Balaban J connectivity index is 1.73. The zero-order valence-corrected chi connectivity index (χ0v) is 14.4. The van der Waals surface area contributed by atoms with Crippen molar-refractivity contribution in [1.29, 1.82) is 0 Å². The molecule has 0 bridgehead atoms. The van der Waals surface area contributed by atoms with E-state index in [1.807, 2.05) is 60.7 Å². The van der Waals surface area contributed by atoms with Crippen molar-refractivity contribution in [3.8, 4) is 5.75 Å². The minimum atomic E-state index is -0.461. The minimum Gasteiger partial charge on any atom is -0.494 e. The lowest BCUT2D eigenvalue weighted by atomic mass is 10.2. The summed E-state index contributed by atoms with van der Waals surface area (Å²) >= 11 is 0. The van der Waals surface area contributed by atoms with Gasteiger partial charge in [0.1, 0.15) is 12.4 Å². The fourth-order valence-electron chi connectivity index (χ4n) is 2.16. The molecule has 0 unspecified atom stereocenters. The summed E-state index contributed by atoms with van der Waals surface area (Å²) in [4.78, 5) is 17.1. The molecule has 5 heteroatoms. The lowest BCUT2D eigenvalue weighted by molar-refractivity contribution is -0.133. The Morgan fingerprint density at radius 3 is 2.32 bits per heavy atom. The number of rotatable bonds is 10. The number of nitrogens with zero attached hydrogens (tertiary/aromatic N) is 1. The molecule has 0 aromatic heterocycles. The molecular weight excluding hydrogens is 318 g/mol. The van der Waals surface area contributed by atoms with Gasteiger partial charge in [-0.15, -0.1) is 0 Å². The lowest BCUT2D eigenvalue weighted by Gasteiger charge is -2.07. The summed E-state index contributed by atoms with van der Waals surface area (Å²) < 4.78 is 10.4. The van der Waals surface area contributed by atoms with E-state index in [-0.39, 0.29) is 5.71 Å². The summed E-state index contributed by atoms with van der Waals surface area (Å²) in [5.41, 5.74) is 1.28. The summed E-state index contributed by atoms with van der Waals surface area (Å²) in [6, 6.07) is 19.3. The van der Waals surface area contributed by atoms with Crippen LogP contribution in [0, 0.1) is 0 Å². The van der Waals surface area contributed by atoms with Crippen molar-refractivity contribution in [3.63, 3.8) is 0 Å². The van der Waals surface area contributed by atoms with E-state index in [2.05, 4.69) is 5.16 Å². The molecule has 0 atom stereocenters. The highest BCUT2D eigenvalue weighted by molar-refractivity contribution is 6.36. The number of ether oxygens (including phenoxy) is 2. The SMILES string of the molecule is COC(=O)C(CCCCOc1ccccc1)=NOCc1ccccc1. The van der Waals surface area contributed by atoms with Crippen LogP contribution in [0.25, 0.3) is 0 Å². The fourth-order valence-corrected chi connectivity index (χ4v) is 2.16. The third-order valence-electron chi connectivity index (χ3n) is 3.49. The fraction of sp³-hybridized carbons (Fsp3) is 0.300. The number of benzene rings is 2. The van der Waals surface area contributed by atoms with Crippen LogP contribution in [0.3, 0.4) is 0 Å². The maximum absolute atomic E-state index is 11.8. The number of unbranched alkanes of at least 4 members (excludes halogenated alkanes) is 1.